The predicted octanol–water partition coefficient (Wildman–Crippen LogP) is 0.854. The molecule has 0 aliphatic heterocycles. The number of carboxylic acids is 1. The van der Waals surface area contributed by atoms with Gasteiger partial charge >= 0.3 is 6.03 Å². The third-order valence-electron chi connectivity index (χ3n) is 2.22. The maximum atomic E-state index is 11.7. The Labute approximate surface area is 112 Å². The van der Waals surface area contributed by atoms with Crippen LogP contribution in [0.4, 0.5) is 15.5 Å². The number of nitrogens with zero attached hydrogens (tertiary/aromatic N) is 2. The van der Waals surface area contributed by atoms with Gasteiger partial charge in [0.2, 0.25) is 0 Å². The first-order chi connectivity index (χ1) is 9.06. The second kappa shape index (κ2) is 5.44. The van der Waals surface area contributed by atoms with Crippen molar-refractivity contribution >= 4 is 34.2 Å². The summed E-state index contributed by atoms with van der Waals surface area (Å²) in [6.45, 7) is 1.93. The Morgan fingerprint density at radius 2 is 1.89 bits per heavy atom. The van der Waals surface area contributed by atoms with E-state index in [4.69, 9.17) is 0 Å². The smallest absolute Gasteiger partial charge is 0.324 e. The van der Waals surface area contributed by atoms with Gasteiger partial charge in [-0.3, -0.25) is 5.32 Å². The molecule has 2 rings (SSSR count). The average molecular weight is 277 g/mol. The summed E-state index contributed by atoms with van der Waals surface area (Å²) in [6, 6.07) is 6.59. The zero-order chi connectivity index (χ0) is 13.8. The maximum Gasteiger partial charge on any atom is 0.324 e. The molecule has 98 valence electrons. The zero-order valence-electron chi connectivity index (χ0n) is 9.84. The van der Waals surface area contributed by atoms with Crippen molar-refractivity contribution in [1.29, 1.82) is 0 Å². The fourth-order valence-electron chi connectivity index (χ4n) is 1.31. The highest BCUT2D eigenvalue weighted by Crippen LogP contribution is 2.17. The number of carbonyl (C=O) groups is 2. The van der Waals surface area contributed by atoms with E-state index < -0.39 is 12.0 Å². The summed E-state index contributed by atoms with van der Waals surface area (Å²) in [4.78, 5) is 22.3. The average Bonchev–Trinajstić information content (AvgIpc) is 2.80. The predicted molar refractivity (Wildman–Crippen MR) is 68.1 cm³/mol. The summed E-state index contributed by atoms with van der Waals surface area (Å²) >= 11 is 0.765. The van der Waals surface area contributed by atoms with Crippen molar-refractivity contribution in [2.45, 2.75) is 6.92 Å². The second-order valence-corrected chi connectivity index (χ2v) is 4.44. The van der Waals surface area contributed by atoms with Crippen LogP contribution in [0.3, 0.4) is 0 Å². The van der Waals surface area contributed by atoms with Crippen LogP contribution < -0.4 is 15.7 Å². The highest BCUT2D eigenvalue weighted by Gasteiger charge is 2.12. The first-order valence-corrected chi connectivity index (χ1v) is 6.02. The van der Waals surface area contributed by atoms with E-state index in [2.05, 4.69) is 20.2 Å². The minimum Gasteiger partial charge on any atom is -0.543 e. The summed E-state index contributed by atoms with van der Waals surface area (Å²) in [6.07, 6.45) is 0. The molecule has 2 aromatic rings. The molecule has 0 radical (unpaired) electrons. The Balaban J connectivity index is 2.03. The second-order valence-electron chi connectivity index (χ2n) is 3.68. The standard InChI is InChI=1S/C11H10N4O3S/c1-6-2-4-7(5-3-6)12-11(18)13-9-8(10(16)17)14-15-19-9/h2-5H,1H3,(H,16,17)(H2,12,13,18)/p-1. The van der Waals surface area contributed by atoms with Crippen molar-refractivity contribution in [3.8, 4) is 0 Å². The Bertz CT molecular complexity index is 609. The van der Waals surface area contributed by atoms with Gasteiger partial charge in [0.1, 0.15) is 10.7 Å². The number of urea groups is 1. The van der Waals surface area contributed by atoms with Crippen molar-refractivity contribution < 1.29 is 14.7 Å². The topological polar surface area (TPSA) is 107 Å². The zero-order valence-corrected chi connectivity index (χ0v) is 10.7. The lowest BCUT2D eigenvalue weighted by atomic mass is 10.2. The molecule has 0 aliphatic rings. The normalized spacial score (nSPS) is 9.95. The SMILES string of the molecule is Cc1ccc(NC(=O)Nc2snnc2C(=O)[O-])cc1. The number of hydrogen-bond donors (Lipinski definition) is 2. The van der Waals surface area contributed by atoms with Gasteiger partial charge in [-0.2, -0.15) is 0 Å². The van der Waals surface area contributed by atoms with Gasteiger partial charge in [-0.1, -0.05) is 22.2 Å². The highest BCUT2D eigenvalue weighted by molar-refractivity contribution is 7.10. The number of aromatic carboxylic acids is 1. The van der Waals surface area contributed by atoms with Crippen LogP contribution in [0.25, 0.3) is 0 Å². The molecular formula is C11H9N4O3S-. The molecule has 0 spiro atoms. The third-order valence-corrected chi connectivity index (χ3v) is 2.86. The number of amides is 2. The molecule has 7 nitrogen and oxygen atoms in total. The fourth-order valence-corrected chi connectivity index (χ4v) is 1.86. The fraction of sp³-hybridized carbons (Fsp3) is 0.0909. The van der Waals surface area contributed by atoms with E-state index in [0.717, 1.165) is 17.1 Å². The Morgan fingerprint density at radius 1 is 1.21 bits per heavy atom. The van der Waals surface area contributed by atoms with Crippen LogP contribution in [0, 0.1) is 6.92 Å². The van der Waals surface area contributed by atoms with Crippen LogP contribution in [0.2, 0.25) is 0 Å². The minimum atomic E-state index is -1.49. The number of carboxylic acid groups (broad SMARTS) is 1. The number of nitrogens with one attached hydrogen (secondary N) is 2. The lowest BCUT2D eigenvalue weighted by Gasteiger charge is -2.07. The first-order valence-electron chi connectivity index (χ1n) is 5.24. The minimum absolute atomic E-state index is 0.0320. The Hall–Kier alpha value is -2.48. The van der Waals surface area contributed by atoms with Gasteiger partial charge in [0.25, 0.3) is 0 Å². The molecule has 1 aromatic carbocycles. The summed E-state index contributed by atoms with van der Waals surface area (Å²) < 4.78 is 3.44. The maximum absolute atomic E-state index is 11.7. The molecule has 1 aromatic heterocycles. The number of hydrogen-bond acceptors (Lipinski definition) is 6. The molecular weight excluding hydrogens is 268 g/mol. The summed E-state index contributed by atoms with van der Waals surface area (Å²) in [5.41, 5.74) is 1.27. The highest BCUT2D eigenvalue weighted by atomic mass is 32.1. The monoisotopic (exact) mass is 277 g/mol. The van der Waals surface area contributed by atoms with E-state index in [0.29, 0.717) is 5.69 Å². The number of anilines is 2. The number of aryl methyl sites for hydroxylation is 1. The van der Waals surface area contributed by atoms with Crippen LogP contribution in [-0.4, -0.2) is 21.6 Å². The van der Waals surface area contributed by atoms with Crippen LogP contribution >= 0.6 is 11.5 Å². The quantitative estimate of drug-likeness (QED) is 0.865. The molecule has 8 heteroatoms. The third kappa shape index (κ3) is 3.26. The van der Waals surface area contributed by atoms with E-state index in [9.17, 15) is 14.7 Å². The van der Waals surface area contributed by atoms with Crippen molar-refractivity contribution in [3.05, 3.63) is 35.5 Å². The van der Waals surface area contributed by atoms with Gasteiger partial charge < -0.3 is 15.2 Å². The van der Waals surface area contributed by atoms with E-state index in [1.807, 2.05) is 19.1 Å². The molecule has 0 fully saturated rings. The number of benzene rings is 1. The van der Waals surface area contributed by atoms with Crippen LogP contribution in [0.1, 0.15) is 16.1 Å². The summed E-state index contributed by atoms with van der Waals surface area (Å²) in [7, 11) is 0. The molecule has 0 saturated carbocycles. The molecule has 0 atom stereocenters. The molecule has 0 aliphatic carbocycles. The number of carbonyl (C=O) groups excluding carboxylic acids is 2. The largest absolute Gasteiger partial charge is 0.543 e. The molecule has 2 N–H and O–H groups in total. The van der Waals surface area contributed by atoms with Gasteiger partial charge in [-0.15, -0.1) is 5.10 Å². The Kier molecular flexibility index (Phi) is 3.71. The number of aromatic nitrogens is 2. The molecule has 0 bridgehead atoms. The van der Waals surface area contributed by atoms with Crippen molar-refractivity contribution in [2.24, 2.45) is 0 Å². The number of rotatable bonds is 3. The van der Waals surface area contributed by atoms with Gasteiger partial charge in [-0.25, -0.2) is 4.79 Å². The van der Waals surface area contributed by atoms with E-state index in [-0.39, 0.29) is 10.7 Å². The van der Waals surface area contributed by atoms with Crippen molar-refractivity contribution in [2.75, 3.05) is 10.6 Å². The molecule has 0 unspecified atom stereocenters. The van der Waals surface area contributed by atoms with Crippen LogP contribution in [0.5, 0.6) is 0 Å². The first kappa shape index (κ1) is 13.0. The van der Waals surface area contributed by atoms with Crippen LogP contribution in [-0.2, 0) is 0 Å². The van der Waals surface area contributed by atoms with Gasteiger partial charge in [0.05, 0.1) is 5.97 Å². The summed E-state index contributed by atoms with van der Waals surface area (Å²) in [5.74, 6) is -1.49. The van der Waals surface area contributed by atoms with Crippen molar-refractivity contribution in [1.82, 2.24) is 9.59 Å². The molecule has 1 heterocycles. The van der Waals surface area contributed by atoms with Crippen LogP contribution in [0.15, 0.2) is 24.3 Å². The van der Waals surface area contributed by atoms with Gasteiger partial charge in [0, 0.05) is 17.2 Å². The molecule has 19 heavy (non-hydrogen) atoms. The Morgan fingerprint density at radius 3 is 2.53 bits per heavy atom. The van der Waals surface area contributed by atoms with Crippen molar-refractivity contribution in [3.63, 3.8) is 0 Å². The lowest BCUT2D eigenvalue weighted by molar-refractivity contribution is -0.255. The van der Waals surface area contributed by atoms with E-state index in [1.165, 1.54) is 0 Å². The summed E-state index contributed by atoms with van der Waals surface area (Å²) in [5, 5.41) is 19.0. The van der Waals surface area contributed by atoms with Gasteiger partial charge in [-0.05, 0) is 19.1 Å². The lowest BCUT2D eigenvalue weighted by Crippen LogP contribution is -2.26. The molecule has 0 saturated heterocycles. The molecule has 2 amide bonds. The van der Waals surface area contributed by atoms with E-state index in [1.54, 1.807) is 12.1 Å². The van der Waals surface area contributed by atoms with Gasteiger partial charge in [0.15, 0.2) is 0 Å². The van der Waals surface area contributed by atoms with E-state index >= 15 is 0 Å².